The second-order valence-electron chi connectivity index (χ2n) is 4.07. The predicted molar refractivity (Wildman–Crippen MR) is 55.5 cm³/mol. The molecule has 0 unspecified atom stereocenters. The van der Waals surface area contributed by atoms with Gasteiger partial charge in [0.05, 0.1) is 32.2 Å². The van der Waals surface area contributed by atoms with Gasteiger partial charge in [0.2, 0.25) is 0 Å². The number of hydrogen-bond donors (Lipinski definition) is 1. The zero-order chi connectivity index (χ0) is 12.1. The van der Waals surface area contributed by atoms with Gasteiger partial charge in [0.1, 0.15) is 0 Å². The molecule has 0 heterocycles. The first-order chi connectivity index (χ1) is 7.60. The number of aliphatic hydroxyl groups is 1. The second kappa shape index (κ2) is 5.84. The van der Waals surface area contributed by atoms with Crippen LogP contribution in [0.3, 0.4) is 0 Å². The van der Waals surface area contributed by atoms with E-state index in [-0.39, 0.29) is 11.9 Å². The summed E-state index contributed by atoms with van der Waals surface area (Å²) in [6.45, 7) is 0. The fourth-order valence-electron chi connectivity index (χ4n) is 2.12. The van der Waals surface area contributed by atoms with Gasteiger partial charge in [0.25, 0.3) is 0 Å². The number of methoxy groups -OCH3 is 2. The molecule has 92 valence electrons. The van der Waals surface area contributed by atoms with Crippen molar-refractivity contribution in [3.63, 3.8) is 0 Å². The molecule has 0 aromatic rings. The van der Waals surface area contributed by atoms with Gasteiger partial charge in [-0.3, -0.25) is 9.59 Å². The minimum absolute atomic E-state index is 0.214. The van der Waals surface area contributed by atoms with Crippen molar-refractivity contribution in [1.29, 1.82) is 0 Å². The summed E-state index contributed by atoms with van der Waals surface area (Å²) in [6, 6.07) is 0. The fraction of sp³-hybridized carbons (Fsp3) is 0.818. The molecule has 3 atom stereocenters. The van der Waals surface area contributed by atoms with Crippen LogP contribution in [0.2, 0.25) is 0 Å². The molecule has 5 nitrogen and oxygen atoms in total. The minimum atomic E-state index is -0.720. The molecule has 0 aromatic carbocycles. The molecule has 0 spiro atoms. The van der Waals surface area contributed by atoms with E-state index in [2.05, 4.69) is 9.47 Å². The second-order valence-corrected chi connectivity index (χ2v) is 4.07. The third kappa shape index (κ3) is 2.95. The largest absolute Gasteiger partial charge is 0.469 e. The maximum atomic E-state index is 11.4. The van der Waals surface area contributed by atoms with Gasteiger partial charge in [-0.15, -0.1) is 0 Å². The summed E-state index contributed by atoms with van der Waals surface area (Å²) in [7, 11) is 2.65. The SMILES string of the molecule is COC(=O)[C@H]1CC[C@@H](O)[C@@H](C(=O)OC)CC1. The van der Waals surface area contributed by atoms with Crippen molar-refractivity contribution in [2.24, 2.45) is 11.8 Å². The Kier molecular flexibility index (Phi) is 4.73. The van der Waals surface area contributed by atoms with Gasteiger partial charge in [-0.25, -0.2) is 0 Å². The van der Waals surface area contributed by atoms with Gasteiger partial charge in [-0.05, 0) is 25.7 Å². The van der Waals surface area contributed by atoms with Gasteiger partial charge in [-0.1, -0.05) is 0 Å². The summed E-state index contributed by atoms with van der Waals surface area (Å²) in [5.41, 5.74) is 0. The van der Waals surface area contributed by atoms with Gasteiger partial charge < -0.3 is 14.6 Å². The molecule has 1 N–H and O–H groups in total. The highest BCUT2D eigenvalue weighted by Crippen LogP contribution is 2.29. The van der Waals surface area contributed by atoms with E-state index >= 15 is 0 Å². The molecule has 0 aliphatic heterocycles. The Labute approximate surface area is 94.7 Å². The number of hydrogen-bond acceptors (Lipinski definition) is 5. The van der Waals surface area contributed by atoms with Gasteiger partial charge in [-0.2, -0.15) is 0 Å². The number of carbonyl (C=O) groups excluding carboxylic acids is 2. The summed E-state index contributed by atoms with van der Waals surface area (Å²) >= 11 is 0. The van der Waals surface area contributed by atoms with E-state index in [1.807, 2.05) is 0 Å². The zero-order valence-corrected chi connectivity index (χ0v) is 9.64. The lowest BCUT2D eigenvalue weighted by atomic mass is 9.97. The van der Waals surface area contributed by atoms with Crippen LogP contribution < -0.4 is 0 Å². The molecular formula is C11H18O5. The van der Waals surface area contributed by atoms with E-state index < -0.39 is 18.0 Å². The monoisotopic (exact) mass is 230 g/mol. The lowest BCUT2D eigenvalue weighted by Gasteiger charge is -2.16. The van der Waals surface area contributed by atoms with Crippen molar-refractivity contribution in [3.8, 4) is 0 Å². The number of ether oxygens (including phenoxy) is 2. The third-order valence-corrected chi connectivity index (χ3v) is 3.14. The standard InChI is InChI=1S/C11H18O5/c1-15-10(13)7-3-5-8(11(14)16-2)9(12)6-4-7/h7-9,12H,3-6H2,1-2H3/t7-,8+,9-/m1/s1. The molecule has 5 heteroatoms. The molecule has 16 heavy (non-hydrogen) atoms. The number of carbonyl (C=O) groups is 2. The van der Waals surface area contributed by atoms with Gasteiger partial charge >= 0.3 is 11.9 Å². The van der Waals surface area contributed by atoms with E-state index in [1.165, 1.54) is 14.2 Å². The first-order valence-electron chi connectivity index (χ1n) is 5.43. The summed E-state index contributed by atoms with van der Waals surface area (Å²) in [5.74, 6) is -1.40. The average Bonchev–Trinajstić information content (AvgIpc) is 2.49. The molecule has 0 amide bonds. The first-order valence-corrected chi connectivity index (χ1v) is 5.43. The Bertz CT molecular complexity index is 263. The van der Waals surface area contributed by atoms with Crippen molar-refractivity contribution in [3.05, 3.63) is 0 Å². The first kappa shape index (κ1) is 13.0. The van der Waals surface area contributed by atoms with Crippen LogP contribution in [0.15, 0.2) is 0 Å². The number of rotatable bonds is 2. The molecule has 1 aliphatic rings. The summed E-state index contributed by atoms with van der Waals surface area (Å²) in [6.07, 6.45) is 1.29. The molecule has 1 aliphatic carbocycles. The maximum Gasteiger partial charge on any atom is 0.311 e. The third-order valence-electron chi connectivity index (χ3n) is 3.14. The van der Waals surface area contributed by atoms with Crippen LogP contribution in [0.25, 0.3) is 0 Å². The van der Waals surface area contributed by atoms with Gasteiger partial charge in [0, 0.05) is 0 Å². The van der Waals surface area contributed by atoms with E-state index in [0.29, 0.717) is 25.7 Å². The smallest absolute Gasteiger partial charge is 0.311 e. The lowest BCUT2D eigenvalue weighted by Crippen LogP contribution is -2.28. The Balaban J connectivity index is 2.62. The zero-order valence-electron chi connectivity index (χ0n) is 9.64. The highest BCUT2D eigenvalue weighted by molar-refractivity contribution is 5.74. The van der Waals surface area contributed by atoms with Crippen molar-refractivity contribution < 1.29 is 24.2 Å². The Morgan fingerprint density at radius 1 is 1.00 bits per heavy atom. The summed E-state index contributed by atoms with van der Waals surface area (Å²) in [5, 5.41) is 9.77. The Hall–Kier alpha value is -1.10. The number of aliphatic hydroxyl groups excluding tert-OH is 1. The molecule has 1 saturated carbocycles. The normalized spacial score (nSPS) is 30.3. The molecule has 0 bridgehead atoms. The van der Waals surface area contributed by atoms with E-state index in [4.69, 9.17) is 0 Å². The van der Waals surface area contributed by atoms with E-state index in [9.17, 15) is 14.7 Å². The molecule has 0 aromatic heterocycles. The Morgan fingerprint density at radius 2 is 1.56 bits per heavy atom. The fourth-order valence-corrected chi connectivity index (χ4v) is 2.12. The lowest BCUT2D eigenvalue weighted by molar-refractivity contribution is -0.150. The quantitative estimate of drug-likeness (QED) is 0.552. The van der Waals surface area contributed by atoms with Crippen LogP contribution in [-0.2, 0) is 19.1 Å². The van der Waals surface area contributed by atoms with Crippen LogP contribution in [0, 0.1) is 11.8 Å². The molecular weight excluding hydrogens is 212 g/mol. The van der Waals surface area contributed by atoms with E-state index in [1.54, 1.807) is 0 Å². The maximum absolute atomic E-state index is 11.4. The molecule has 1 fully saturated rings. The minimum Gasteiger partial charge on any atom is -0.469 e. The van der Waals surface area contributed by atoms with Crippen molar-refractivity contribution in [2.75, 3.05) is 14.2 Å². The van der Waals surface area contributed by atoms with Crippen LogP contribution in [0.1, 0.15) is 25.7 Å². The number of esters is 2. The van der Waals surface area contributed by atoms with Crippen molar-refractivity contribution in [2.45, 2.75) is 31.8 Å². The summed E-state index contributed by atoms with van der Waals surface area (Å²) < 4.78 is 9.29. The highest BCUT2D eigenvalue weighted by atomic mass is 16.5. The average molecular weight is 230 g/mol. The van der Waals surface area contributed by atoms with Gasteiger partial charge in [0.15, 0.2) is 0 Å². The highest BCUT2D eigenvalue weighted by Gasteiger charge is 2.34. The van der Waals surface area contributed by atoms with Crippen LogP contribution in [0.5, 0.6) is 0 Å². The molecule has 1 rings (SSSR count). The molecule has 0 saturated heterocycles. The predicted octanol–water partition coefficient (Wildman–Crippen LogP) is 0.500. The topological polar surface area (TPSA) is 72.8 Å². The van der Waals surface area contributed by atoms with Crippen LogP contribution in [0.4, 0.5) is 0 Å². The van der Waals surface area contributed by atoms with Crippen LogP contribution in [-0.4, -0.2) is 37.4 Å². The van der Waals surface area contributed by atoms with E-state index in [0.717, 1.165) is 0 Å². The molecule has 0 radical (unpaired) electrons. The van der Waals surface area contributed by atoms with Crippen molar-refractivity contribution in [1.82, 2.24) is 0 Å². The Morgan fingerprint density at radius 3 is 2.12 bits per heavy atom. The van der Waals surface area contributed by atoms with Crippen molar-refractivity contribution >= 4 is 11.9 Å². The summed E-state index contributed by atoms with van der Waals surface area (Å²) in [4.78, 5) is 22.7. The van der Waals surface area contributed by atoms with Crippen LogP contribution >= 0.6 is 0 Å².